The van der Waals surface area contributed by atoms with Gasteiger partial charge in [0.15, 0.2) is 0 Å². The molecule has 2 aromatic rings. The molecule has 0 aliphatic heterocycles. The summed E-state index contributed by atoms with van der Waals surface area (Å²) in [7, 11) is 1.62. The van der Waals surface area contributed by atoms with Crippen LogP contribution in [0.15, 0.2) is 41.0 Å². The van der Waals surface area contributed by atoms with Crippen molar-refractivity contribution in [3.63, 3.8) is 0 Å². The van der Waals surface area contributed by atoms with E-state index in [-0.39, 0.29) is 5.91 Å². The van der Waals surface area contributed by atoms with Gasteiger partial charge in [-0.15, -0.1) is 0 Å². The van der Waals surface area contributed by atoms with Crippen LogP contribution in [0.5, 0.6) is 5.75 Å². The van der Waals surface area contributed by atoms with Gasteiger partial charge in [0.1, 0.15) is 11.5 Å². The lowest BCUT2D eigenvalue weighted by Gasteiger charge is -2.21. The predicted octanol–water partition coefficient (Wildman–Crippen LogP) is 4.08. The lowest BCUT2D eigenvalue weighted by molar-refractivity contribution is -0.133. The Morgan fingerprint density at radius 2 is 2.12 bits per heavy atom. The molecule has 0 atom stereocenters. The van der Waals surface area contributed by atoms with Gasteiger partial charge in [-0.3, -0.25) is 4.79 Å². The van der Waals surface area contributed by atoms with Crippen molar-refractivity contribution in [2.24, 2.45) is 0 Å². The van der Waals surface area contributed by atoms with E-state index in [2.05, 4.69) is 0 Å². The third-order valence-corrected chi connectivity index (χ3v) is 4.20. The van der Waals surface area contributed by atoms with Gasteiger partial charge < -0.3 is 18.8 Å². The second-order valence-corrected chi connectivity index (χ2v) is 6.16. The average molecular weight is 366 g/mol. The van der Waals surface area contributed by atoms with Crippen molar-refractivity contribution in [3.05, 3.63) is 52.9 Å². The van der Waals surface area contributed by atoms with Gasteiger partial charge in [0.25, 0.3) is 0 Å². The van der Waals surface area contributed by atoms with E-state index in [1.165, 1.54) is 0 Å². The number of ether oxygens (including phenoxy) is 2. The second-order valence-electron chi connectivity index (χ2n) is 5.75. The molecule has 1 amide bonds. The summed E-state index contributed by atoms with van der Waals surface area (Å²) in [5.41, 5.74) is 0.972. The fourth-order valence-electron chi connectivity index (χ4n) is 2.36. The van der Waals surface area contributed by atoms with Crippen molar-refractivity contribution in [2.45, 2.75) is 26.3 Å². The molecule has 0 saturated carbocycles. The van der Waals surface area contributed by atoms with E-state index in [1.807, 2.05) is 37.3 Å². The van der Waals surface area contributed by atoms with Crippen LogP contribution in [0.3, 0.4) is 0 Å². The summed E-state index contributed by atoms with van der Waals surface area (Å²) in [6.45, 7) is 3.89. The quantitative estimate of drug-likeness (QED) is 0.595. The molecular formula is C19H24ClNO4. The molecule has 0 fully saturated rings. The van der Waals surface area contributed by atoms with E-state index >= 15 is 0 Å². The Bertz CT molecular complexity index is 657. The van der Waals surface area contributed by atoms with Crippen molar-refractivity contribution in [3.8, 4) is 5.75 Å². The van der Waals surface area contributed by atoms with E-state index in [0.29, 0.717) is 44.2 Å². The van der Waals surface area contributed by atoms with Crippen molar-refractivity contribution >= 4 is 17.5 Å². The van der Waals surface area contributed by atoms with E-state index in [9.17, 15) is 4.79 Å². The molecule has 136 valence electrons. The highest BCUT2D eigenvalue weighted by atomic mass is 35.5. The van der Waals surface area contributed by atoms with Crippen LogP contribution in [0.1, 0.15) is 24.2 Å². The predicted molar refractivity (Wildman–Crippen MR) is 96.9 cm³/mol. The van der Waals surface area contributed by atoms with Gasteiger partial charge in [0.2, 0.25) is 5.91 Å². The molecule has 25 heavy (non-hydrogen) atoms. The summed E-state index contributed by atoms with van der Waals surface area (Å²) in [4.78, 5) is 14.2. The van der Waals surface area contributed by atoms with Gasteiger partial charge in [-0.2, -0.15) is 0 Å². The number of hydrogen-bond donors (Lipinski definition) is 0. The molecule has 5 nitrogen and oxygen atoms in total. The van der Waals surface area contributed by atoms with Gasteiger partial charge in [-0.05, 0) is 49.2 Å². The smallest absolute Gasteiger partial charge is 0.223 e. The fraction of sp³-hybridized carbons (Fsp3) is 0.421. The molecule has 0 unspecified atom stereocenters. The number of halogens is 1. The lowest BCUT2D eigenvalue weighted by atomic mass is 10.2. The van der Waals surface area contributed by atoms with Gasteiger partial charge >= 0.3 is 0 Å². The Morgan fingerprint density at radius 1 is 1.28 bits per heavy atom. The first-order valence-corrected chi connectivity index (χ1v) is 8.66. The van der Waals surface area contributed by atoms with Gasteiger partial charge in [-0.25, -0.2) is 0 Å². The number of benzene rings is 1. The molecule has 0 spiro atoms. The lowest BCUT2D eigenvalue weighted by Crippen LogP contribution is -2.33. The Balaban J connectivity index is 1.78. The number of aryl methyl sites for hydroxylation is 1. The second kappa shape index (κ2) is 10.1. The Kier molecular flexibility index (Phi) is 7.82. The number of nitrogens with zero attached hydrogens (tertiary/aromatic N) is 1. The van der Waals surface area contributed by atoms with E-state index < -0.39 is 0 Å². The largest absolute Gasteiger partial charge is 0.494 e. The minimum atomic E-state index is 0.0596. The van der Waals surface area contributed by atoms with Gasteiger partial charge in [0, 0.05) is 25.1 Å². The summed E-state index contributed by atoms with van der Waals surface area (Å²) < 4.78 is 16.1. The third-order valence-electron chi connectivity index (χ3n) is 3.78. The van der Waals surface area contributed by atoms with Gasteiger partial charge in [-0.1, -0.05) is 11.6 Å². The molecule has 0 aliphatic carbocycles. The molecule has 6 heteroatoms. The number of methoxy groups -OCH3 is 1. The number of carbonyl (C=O) groups is 1. The number of rotatable bonds is 10. The number of amides is 1. The number of hydrogen-bond acceptors (Lipinski definition) is 4. The van der Waals surface area contributed by atoms with Crippen LogP contribution < -0.4 is 4.74 Å². The number of carbonyl (C=O) groups excluding carboxylic acids is 1. The Hall–Kier alpha value is -1.98. The Morgan fingerprint density at radius 3 is 2.80 bits per heavy atom. The summed E-state index contributed by atoms with van der Waals surface area (Å²) in [5.74, 6) is 1.59. The highest BCUT2D eigenvalue weighted by molar-refractivity contribution is 6.31. The van der Waals surface area contributed by atoms with Crippen LogP contribution in [-0.4, -0.2) is 37.7 Å². The summed E-state index contributed by atoms with van der Waals surface area (Å²) in [6.07, 6.45) is 2.66. The molecular weight excluding hydrogens is 342 g/mol. The monoisotopic (exact) mass is 365 g/mol. The fourth-order valence-corrected chi connectivity index (χ4v) is 2.48. The summed E-state index contributed by atoms with van der Waals surface area (Å²) in [6, 6.07) is 9.22. The normalized spacial score (nSPS) is 10.7. The van der Waals surface area contributed by atoms with Crippen molar-refractivity contribution in [1.82, 2.24) is 4.90 Å². The summed E-state index contributed by atoms with van der Waals surface area (Å²) >= 11 is 5.99. The third kappa shape index (κ3) is 6.44. The zero-order valence-corrected chi connectivity index (χ0v) is 15.4. The standard InChI is InChI=1S/C19H24ClNO4/c1-15-13-16(7-8-18(15)20)24-11-4-6-19(22)21(9-12-23-2)14-17-5-3-10-25-17/h3,5,7-8,10,13H,4,6,9,11-12,14H2,1-2H3. The average Bonchev–Trinajstić information content (AvgIpc) is 3.11. The van der Waals surface area contributed by atoms with Crippen molar-refractivity contribution < 1.29 is 18.7 Å². The maximum atomic E-state index is 12.4. The van der Waals surface area contributed by atoms with Crippen LogP contribution in [0.2, 0.25) is 5.02 Å². The molecule has 1 aromatic carbocycles. The molecule has 2 rings (SSSR count). The van der Waals surface area contributed by atoms with Crippen molar-refractivity contribution in [2.75, 3.05) is 26.9 Å². The van der Waals surface area contributed by atoms with Crippen LogP contribution in [-0.2, 0) is 16.1 Å². The molecule has 0 saturated heterocycles. The Labute approximate surface area is 153 Å². The minimum Gasteiger partial charge on any atom is -0.494 e. The summed E-state index contributed by atoms with van der Waals surface area (Å²) in [5, 5.41) is 0.717. The first-order chi connectivity index (χ1) is 12.1. The van der Waals surface area contributed by atoms with Crippen LogP contribution in [0, 0.1) is 6.92 Å². The molecule has 1 heterocycles. The van der Waals surface area contributed by atoms with E-state index in [1.54, 1.807) is 18.3 Å². The molecule has 0 aliphatic rings. The molecule has 0 bridgehead atoms. The zero-order chi connectivity index (χ0) is 18.1. The molecule has 1 aromatic heterocycles. The first kappa shape index (κ1) is 19.3. The van der Waals surface area contributed by atoms with E-state index in [4.69, 9.17) is 25.5 Å². The highest BCUT2D eigenvalue weighted by Crippen LogP contribution is 2.21. The van der Waals surface area contributed by atoms with Gasteiger partial charge in [0.05, 0.1) is 26.0 Å². The van der Waals surface area contributed by atoms with E-state index in [0.717, 1.165) is 17.1 Å². The van der Waals surface area contributed by atoms with Crippen LogP contribution >= 0.6 is 11.6 Å². The molecule has 0 N–H and O–H groups in total. The SMILES string of the molecule is COCCN(Cc1ccco1)C(=O)CCCOc1ccc(Cl)c(C)c1. The van der Waals surface area contributed by atoms with Crippen LogP contribution in [0.4, 0.5) is 0 Å². The highest BCUT2D eigenvalue weighted by Gasteiger charge is 2.15. The minimum absolute atomic E-state index is 0.0596. The maximum absolute atomic E-state index is 12.4. The number of furan rings is 1. The molecule has 0 radical (unpaired) electrons. The zero-order valence-electron chi connectivity index (χ0n) is 14.7. The topological polar surface area (TPSA) is 51.9 Å². The maximum Gasteiger partial charge on any atom is 0.223 e. The van der Waals surface area contributed by atoms with Crippen LogP contribution in [0.25, 0.3) is 0 Å². The first-order valence-electron chi connectivity index (χ1n) is 8.28. The van der Waals surface area contributed by atoms with Crippen molar-refractivity contribution in [1.29, 1.82) is 0 Å².